The molecule has 1 aliphatic heterocycles. The molecule has 0 N–H and O–H groups in total. The molecule has 0 radical (unpaired) electrons. The second-order valence-corrected chi connectivity index (χ2v) is 5.38. The van der Waals surface area contributed by atoms with E-state index in [9.17, 15) is 9.59 Å². The summed E-state index contributed by atoms with van der Waals surface area (Å²) in [4.78, 5) is 26.5. The van der Waals surface area contributed by atoms with Crippen molar-refractivity contribution in [2.45, 2.75) is 13.3 Å². The van der Waals surface area contributed by atoms with Crippen LogP contribution in [0.5, 0.6) is 5.75 Å². The van der Waals surface area contributed by atoms with Crippen molar-refractivity contribution in [2.24, 2.45) is 0 Å². The first-order valence-corrected chi connectivity index (χ1v) is 7.20. The molecule has 0 fully saturated rings. The number of hydrogen-bond acceptors (Lipinski definition) is 3. The van der Waals surface area contributed by atoms with Crippen LogP contribution in [0.4, 0.5) is 5.69 Å². The number of ketones is 1. The van der Waals surface area contributed by atoms with Gasteiger partial charge in [0, 0.05) is 30.2 Å². The lowest BCUT2D eigenvalue weighted by Gasteiger charge is -2.29. The van der Waals surface area contributed by atoms with Gasteiger partial charge in [-0.15, -0.1) is 0 Å². The van der Waals surface area contributed by atoms with Gasteiger partial charge >= 0.3 is 0 Å². The topological polar surface area (TPSA) is 46.6 Å². The van der Waals surface area contributed by atoms with Gasteiger partial charge in [-0.05, 0) is 31.2 Å². The van der Waals surface area contributed by atoms with Gasteiger partial charge < -0.3 is 9.64 Å². The molecule has 3 rings (SSSR count). The second-order valence-electron chi connectivity index (χ2n) is 5.38. The lowest BCUT2D eigenvalue weighted by atomic mass is 9.99. The largest absolute Gasteiger partial charge is 0.497 e. The quantitative estimate of drug-likeness (QED) is 0.854. The van der Waals surface area contributed by atoms with Gasteiger partial charge in [0.1, 0.15) is 5.75 Å². The number of anilines is 1. The monoisotopic (exact) mass is 295 g/mol. The molecule has 4 heteroatoms. The predicted molar refractivity (Wildman–Crippen MR) is 84.8 cm³/mol. The number of methoxy groups -OCH3 is 1. The summed E-state index contributed by atoms with van der Waals surface area (Å²) in [6.07, 6.45) is 0.344. The Kier molecular flexibility index (Phi) is 3.67. The Hall–Kier alpha value is -2.62. The summed E-state index contributed by atoms with van der Waals surface area (Å²) in [5.41, 5.74) is 2.93. The van der Waals surface area contributed by atoms with E-state index >= 15 is 0 Å². The molecule has 1 aliphatic rings. The van der Waals surface area contributed by atoms with Gasteiger partial charge in [0.15, 0.2) is 5.78 Å². The third-order valence-corrected chi connectivity index (χ3v) is 3.90. The smallest absolute Gasteiger partial charge is 0.258 e. The van der Waals surface area contributed by atoms with Crippen LogP contribution in [0.25, 0.3) is 0 Å². The molecule has 0 unspecified atom stereocenters. The fraction of sp³-hybridized carbons (Fsp3) is 0.222. The van der Waals surface area contributed by atoms with Crippen molar-refractivity contribution in [1.29, 1.82) is 0 Å². The van der Waals surface area contributed by atoms with Crippen LogP contribution in [0.2, 0.25) is 0 Å². The molecule has 0 spiro atoms. The Bertz CT molecular complexity index is 734. The highest BCUT2D eigenvalue weighted by molar-refractivity contribution is 6.13. The van der Waals surface area contributed by atoms with Crippen LogP contribution in [0.3, 0.4) is 0 Å². The first-order chi connectivity index (χ1) is 10.6. The highest BCUT2D eigenvalue weighted by Gasteiger charge is 2.28. The molecule has 4 nitrogen and oxygen atoms in total. The number of carbonyl (C=O) groups is 2. The lowest BCUT2D eigenvalue weighted by molar-refractivity contribution is 0.0955. The van der Waals surface area contributed by atoms with Gasteiger partial charge in [-0.25, -0.2) is 0 Å². The predicted octanol–water partition coefficient (Wildman–Crippen LogP) is 3.24. The summed E-state index contributed by atoms with van der Waals surface area (Å²) in [5.74, 6) is 0.600. The molecule has 0 aromatic heterocycles. The molecule has 0 bridgehead atoms. The van der Waals surface area contributed by atoms with Crippen molar-refractivity contribution in [1.82, 2.24) is 0 Å². The number of Topliss-reactive ketones (excluding diaryl/α,β-unsaturated/α-hetero) is 1. The van der Waals surface area contributed by atoms with Crippen molar-refractivity contribution in [3.8, 4) is 5.75 Å². The van der Waals surface area contributed by atoms with E-state index in [1.165, 1.54) is 0 Å². The summed E-state index contributed by atoms with van der Waals surface area (Å²) in [7, 11) is 1.57. The maximum absolute atomic E-state index is 12.8. The first-order valence-electron chi connectivity index (χ1n) is 7.20. The van der Waals surface area contributed by atoms with Crippen LogP contribution in [0.1, 0.15) is 32.7 Å². The minimum absolute atomic E-state index is 0.0607. The van der Waals surface area contributed by atoms with E-state index in [0.717, 1.165) is 5.56 Å². The third-order valence-electron chi connectivity index (χ3n) is 3.90. The number of rotatable bonds is 2. The molecule has 0 aliphatic carbocycles. The van der Waals surface area contributed by atoms with Crippen LogP contribution < -0.4 is 9.64 Å². The summed E-state index contributed by atoms with van der Waals surface area (Å²) >= 11 is 0. The molecule has 22 heavy (non-hydrogen) atoms. The lowest BCUT2D eigenvalue weighted by Crippen LogP contribution is -2.37. The molecule has 0 saturated heterocycles. The van der Waals surface area contributed by atoms with E-state index in [-0.39, 0.29) is 11.7 Å². The zero-order valence-corrected chi connectivity index (χ0v) is 12.6. The van der Waals surface area contributed by atoms with E-state index in [0.29, 0.717) is 35.5 Å². The van der Waals surface area contributed by atoms with Gasteiger partial charge in [0.2, 0.25) is 0 Å². The van der Waals surface area contributed by atoms with Crippen molar-refractivity contribution in [3.63, 3.8) is 0 Å². The second kappa shape index (κ2) is 5.64. The molecule has 0 atom stereocenters. The van der Waals surface area contributed by atoms with Crippen molar-refractivity contribution in [2.75, 3.05) is 18.6 Å². The summed E-state index contributed by atoms with van der Waals surface area (Å²) in [6.45, 7) is 2.37. The molecule has 1 amide bonds. The van der Waals surface area contributed by atoms with E-state index in [1.54, 1.807) is 30.2 Å². The van der Waals surface area contributed by atoms with E-state index in [2.05, 4.69) is 0 Å². The Morgan fingerprint density at radius 2 is 1.86 bits per heavy atom. The normalized spacial score (nSPS) is 13.7. The van der Waals surface area contributed by atoms with Gasteiger partial charge in [0.05, 0.1) is 12.8 Å². The highest BCUT2D eigenvalue weighted by atomic mass is 16.5. The molecule has 112 valence electrons. The SMILES string of the molecule is COc1ccc2c(c1)N(C(=O)c1ccc(C)cc1)CCC2=O. The zero-order valence-electron chi connectivity index (χ0n) is 12.6. The number of carbonyl (C=O) groups excluding carboxylic acids is 2. The van der Waals surface area contributed by atoms with Crippen LogP contribution in [0.15, 0.2) is 42.5 Å². The van der Waals surface area contributed by atoms with Crippen molar-refractivity contribution in [3.05, 3.63) is 59.2 Å². The molecule has 2 aromatic carbocycles. The van der Waals surface area contributed by atoms with E-state index in [1.807, 2.05) is 31.2 Å². The number of amides is 1. The van der Waals surface area contributed by atoms with Gasteiger partial charge in [-0.2, -0.15) is 0 Å². The van der Waals surface area contributed by atoms with Gasteiger partial charge in [0.25, 0.3) is 5.91 Å². The fourth-order valence-corrected chi connectivity index (χ4v) is 2.63. The van der Waals surface area contributed by atoms with Crippen LogP contribution >= 0.6 is 0 Å². The number of benzene rings is 2. The van der Waals surface area contributed by atoms with E-state index in [4.69, 9.17) is 4.74 Å². The molecular formula is C18H17NO3. The third kappa shape index (κ3) is 2.48. The Morgan fingerprint density at radius 1 is 1.14 bits per heavy atom. The van der Waals surface area contributed by atoms with E-state index < -0.39 is 0 Å². The summed E-state index contributed by atoms with van der Waals surface area (Å²) < 4.78 is 5.22. The molecule has 1 heterocycles. The Morgan fingerprint density at radius 3 is 2.55 bits per heavy atom. The molecule has 0 saturated carbocycles. The summed E-state index contributed by atoms with van der Waals surface area (Å²) in [6, 6.07) is 12.7. The number of hydrogen-bond donors (Lipinski definition) is 0. The minimum atomic E-state index is -0.0954. The first kappa shape index (κ1) is 14.3. The number of nitrogens with zero attached hydrogens (tertiary/aromatic N) is 1. The molecular weight excluding hydrogens is 278 g/mol. The summed E-state index contributed by atoms with van der Waals surface area (Å²) in [5, 5.41) is 0. The van der Waals surface area contributed by atoms with Gasteiger partial charge in [-0.1, -0.05) is 17.7 Å². The van der Waals surface area contributed by atoms with Gasteiger partial charge in [-0.3, -0.25) is 9.59 Å². The van der Waals surface area contributed by atoms with Crippen molar-refractivity contribution < 1.29 is 14.3 Å². The zero-order chi connectivity index (χ0) is 15.7. The minimum Gasteiger partial charge on any atom is -0.497 e. The van der Waals surface area contributed by atoms with Crippen LogP contribution in [0, 0.1) is 6.92 Å². The van der Waals surface area contributed by atoms with Crippen molar-refractivity contribution >= 4 is 17.4 Å². The number of aryl methyl sites for hydroxylation is 1. The maximum Gasteiger partial charge on any atom is 0.258 e. The average molecular weight is 295 g/mol. The molecule has 2 aromatic rings. The van der Waals surface area contributed by atoms with Crippen LogP contribution in [-0.2, 0) is 0 Å². The Labute approximate surface area is 129 Å². The maximum atomic E-state index is 12.8. The average Bonchev–Trinajstić information content (AvgIpc) is 2.55. The number of fused-ring (bicyclic) bond motifs is 1. The fourth-order valence-electron chi connectivity index (χ4n) is 2.63. The number of ether oxygens (including phenoxy) is 1. The highest BCUT2D eigenvalue weighted by Crippen LogP contribution is 2.32. The Balaban J connectivity index is 2.02. The van der Waals surface area contributed by atoms with Crippen LogP contribution in [-0.4, -0.2) is 25.3 Å². The standard InChI is InChI=1S/C18H17NO3/c1-12-3-5-13(6-4-12)18(21)19-10-9-17(20)15-8-7-14(22-2)11-16(15)19/h3-8,11H,9-10H2,1-2H3.